The maximum Gasteiger partial charge on any atom is 0.219 e. The molecule has 21 heavy (non-hydrogen) atoms. The molecule has 0 radical (unpaired) electrons. The molecule has 1 atom stereocenters. The van der Waals surface area contributed by atoms with Gasteiger partial charge in [-0.05, 0) is 12.8 Å². The van der Waals surface area contributed by atoms with Crippen LogP contribution in [0.15, 0.2) is 0 Å². The normalized spacial score (nSPS) is 22.1. The molecule has 0 bridgehead atoms. The molecular weight excluding hydrogens is 270 g/mol. The summed E-state index contributed by atoms with van der Waals surface area (Å²) >= 11 is 0. The fraction of sp³-hybridized carbons (Fsp3) is 0.714. The van der Waals surface area contributed by atoms with Crippen molar-refractivity contribution in [2.45, 2.75) is 45.7 Å². The third kappa shape index (κ3) is 2.64. The first kappa shape index (κ1) is 14.0. The largest absolute Gasteiger partial charge is 0.342 e. The number of likely N-dealkylation sites (tertiary alicyclic amines) is 1. The average Bonchev–Trinajstić information content (AvgIpc) is 2.90. The zero-order valence-corrected chi connectivity index (χ0v) is 12.6. The molecule has 7 nitrogen and oxygen atoms in total. The third-order valence-electron chi connectivity index (χ3n) is 4.46. The lowest BCUT2D eigenvalue weighted by atomic mass is 9.97. The summed E-state index contributed by atoms with van der Waals surface area (Å²) in [6.07, 6.45) is 2.05. The molecule has 114 valence electrons. The molecule has 0 aromatic carbocycles. The molecule has 0 unspecified atom stereocenters. The van der Waals surface area contributed by atoms with Gasteiger partial charge >= 0.3 is 0 Å². The fourth-order valence-electron chi connectivity index (χ4n) is 3.22. The maximum atomic E-state index is 11.6. The number of aromatic nitrogens is 3. The highest BCUT2D eigenvalue weighted by atomic mass is 16.2. The Morgan fingerprint density at radius 3 is 2.52 bits per heavy atom. The molecule has 1 saturated heterocycles. The topological polar surface area (TPSA) is 71.3 Å². The summed E-state index contributed by atoms with van der Waals surface area (Å²) in [5.41, 5.74) is 0. The standard InChI is InChI=1S/C14H21N5O2/c1-10(20)17-5-3-4-12(8-17)14-16-15-13-9-18(11(2)21)6-7-19(13)14/h12H,3-9H2,1-2H3/t12-/m1/s1. The highest BCUT2D eigenvalue weighted by Gasteiger charge is 2.30. The number of amides is 2. The lowest BCUT2D eigenvalue weighted by Crippen LogP contribution is -2.40. The van der Waals surface area contributed by atoms with Gasteiger partial charge in [0.1, 0.15) is 5.82 Å². The predicted molar refractivity (Wildman–Crippen MR) is 75.3 cm³/mol. The van der Waals surface area contributed by atoms with Gasteiger partial charge in [0.05, 0.1) is 6.54 Å². The van der Waals surface area contributed by atoms with Crippen LogP contribution in [0.3, 0.4) is 0 Å². The Hall–Kier alpha value is -1.92. The molecule has 2 amide bonds. The lowest BCUT2D eigenvalue weighted by molar-refractivity contribution is -0.131. The predicted octanol–water partition coefficient (Wildman–Crippen LogP) is 0.366. The van der Waals surface area contributed by atoms with Crippen molar-refractivity contribution in [1.29, 1.82) is 0 Å². The smallest absolute Gasteiger partial charge is 0.219 e. The first-order valence-corrected chi connectivity index (χ1v) is 7.49. The van der Waals surface area contributed by atoms with Crippen molar-refractivity contribution in [3.63, 3.8) is 0 Å². The van der Waals surface area contributed by atoms with Crippen LogP contribution in [0.25, 0.3) is 0 Å². The molecule has 3 heterocycles. The van der Waals surface area contributed by atoms with Crippen LogP contribution in [-0.2, 0) is 22.7 Å². The van der Waals surface area contributed by atoms with E-state index in [2.05, 4.69) is 14.8 Å². The Morgan fingerprint density at radius 2 is 1.81 bits per heavy atom. The SMILES string of the molecule is CC(=O)N1CCn2c(nnc2[C@@H]2CCCN(C(C)=O)C2)C1. The Morgan fingerprint density at radius 1 is 1.05 bits per heavy atom. The number of hydrogen-bond acceptors (Lipinski definition) is 4. The summed E-state index contributed by atoms with van der Waals surface area (Å²) in [6, 6.07) is 0. The summed E-state index contributed by atoms with van der Waals surface area (Å²) in [7, 11) is 0. The number of carbonyl (C=O) groups excluding carboxylic acids is 2. The molecule has 3 rings (SSSR count). The van der Waals surface area contributed by atoms with Crippen LogP contribution in [-0.4, -0.2) is 56.0 Å². The zero-order chi connectivity index (χ0) is 15.0. The molecular formula is C14H21N5O2. The van der Waals surface area contributed by atoms with Gasteiger partial charge in [-0.2, -0.15) is 0 Å². The Labute approximate surface area is 123 Å². The van der Waals surface area contributed by atoms with Crippen LogP contribution in [0, 0.1) is 0 Å². The van der Waals surface area contributed by atoms with Gasteiger partial charge in [-0.15, -0.1) is 10.2 Å². The molecule has 0 saturated carbocycles. The summed E-state index contributed by atoms with van der Waals surface area (Å²) < 4.78 is 2.13. The molecule has 2 aliphatic rings. The monoisotopic (exact) mass is 291 g/mol. The zero-order valence-electron chi connectivity index (χ0n) is 12.6. The minimum Gasteiger partial charge on any atom is -0.342 e. The number of nitrogens with zero attached hydrogens (tertiary/aromatic N) is 5. The quantitative estimate of drug-likeness (QED) is 0.749. The molecule has 0 N–H and O–H groups in total. The van der Waals surface area contributed by atoms with Gasteiger partial charge in [0.15, 0.2) is 5.82 Å². The van der Waals surface area contributed by atoms with Crippen LogP contribution < -0.4 is 0 Å². The second-order valence-corrected chi connectivity index (χ2v) is 5.87. The van der Waals surface area contributed by atoms with E-state index in [1.807, 2.05) is 4.90 Å². The van der Waals surface area contributed by atoms with Crippen molar-refractivity contribution >= 4 is 11.8 Å². The number of carbonyl (C=O) groups is 2. The second kappa shape index (κ2) is 5.46. The minimum atomic E-state index is 0.0752. The van der Waals surface area contributed by atoms with E-state index in [1.54, 1.807) is 18.7 Å². The van der Waals surface area contributed by atoms with Crippen LogP contribution >= 0.6 is 0 Å². The van der Waals surface area contributed by atoms with Crippen LogP contribution in [0.2, 0.25) is 0 Å². The van der Waals surface area contributed by atoms with Gasteiger partial charge in [0, 0.05) is 45.9 Å². The van der Waals surface area contributed by atoms with Crippen LogP contribution in [0.4, 0.5) is 0 Å². The van der Waals surface area contributed by atoms with Crippen molar-refractivity contribution in [2.24, 2.45) is 0 Å². The van der Waals surface area contributed by atoms with Crippen molar-refractivity contribution in [3.8, 4) is 0 Å². The molecule has 7 heteroatoms. The Kier molecular flexibility index (Phi) is 3.65. The van der Waals surface area contributed by atoms with Gasteiger partial charge in [0.2, 0.25) is 11.8 Å². The summed E-state index contributed by atoms with van der Waals surface area (Å²) in [5, 5.41) is 8.60. The van der Waals surface area contributed by atoms with Gasteiger partial charge in [-0.25, -0.2) is 0 Å². The summed E-state index contributed by atoms with van der Waals surface area (Å²) in [5.74, 6) is 2.28. The molecule has 1 aromatic heterocycles. The molecule has 2 aliphatic heterocycles. The first-order valence-electron chi connectivity index (χ1n) is 7.49. The van der Waals surface area contributed by atoms with E-state index in [4.69, 9.17) is 0 Å². The fourth-order valence-corrected chi connectivity index (χ4v) is 3.22. The minimum absolute atomic E-state index is 0.0752. The van der Waals surface area contributed by atoms with Crippen LogP contribution in [0.1, 0.15) is 44.3 Å². The number of fused-ring (bicyclic) bond motifs is 1. The molecule has 1 aromatic rings. The highest BCUT2D eigenvalue weighted by Crippen LogP contribution is 2.27. The summed E-state index contributed by atoms with van der Waals surface area (Å²) in [4.78, 5) is 26.7. The second-order valence-electron chi connectivity index (χ2n) is 5.87. The van der Waals surface area contributed by atoms with E-state index in [-0.39, 0.29) is 17.7 Å². The Balaban J connectivity index is 1.79. The van der Waals surface area contributed by atoms with Crippen molar-refractivity contribution in [2.75, 3.05) is 19.6 Å². The molecule has 0 spiro atoms. The van der Waals surface area contributed by atoms with Gasteiger partial charge < -0.3 is 14.4 Å². The van der Waals surface area contributed by atoms with E-state index in [9.17, 15) is 9.59 Å². The number of hydrogen-bond donors (Lipinski definition) is 0. The van der Waals surface area contributed by atoms with Crippen molar-refractivity contribution in [1.82, 2.24) is 24.6 Å². The van der Waals surface area contributed by atoms with E-state index in [1.165, 1.54) is 0 Å². The number of rotatable bonds is 1. The van der Waals surface area contributed by atoms with Gasteiger partial charge in [0.25, 0.3) is 0 Å². The maximum absolute atomic E-state index is 11.6. The first-order chi connectivity index (χ1) is 10.1. The average molecular weight is 291 g/mol. The third-order valence-corrected chi connectivity index (χ3v) is 4.46. The molecule has 1 fully saturated rings. The number of piperidine rings is 1. The van der Waals surface area contributed by atoms with E-state index >= 15 is 0 Å². The van der Waals surface area contributed by atoms with Crippen molar-refractivity contribution < 1.29 is 9.59 Å². The highest BCUT2D eigenvalue weighted by molar-refractivity contribution is 5.73. The lowest BCUT2D eigenvalue weighted by Gasteiger charge is -2.33. The summed E-state index contributed by atoms with van der Waals surface area (Å²) in [6.45, 7) is 6.75. The molecule has 0 aliphatic carbocycles. The van der Waals surface area contributed by atoms with E-state index in [0.29, 0.717) is 13.1 Å². The van der Waals surface area contributed by atoms with E-state index < -0.39 is 0 Å². The van der Waals surface area contributed by atoms with Gasteiger partial charge in [-0.3, -0.25) is 9.59 Å². The van der Waals surface area contributed by atoms with Gasteiger partial charge in [-0.1, -0.05) is 0 Å². The van der Waals surface area contributed by atoms with Crippen LogP contribution in [0.5, 0.6) is 0 Å². The van der Waals surface area contributed by atoms with Crippen molar-refractivity contribution in [3.05, 3.63) is 11.6 Å². The Bertz CT molecular complexity index is 568. The van der Waals surface area contributed by atoms with E-state index in [0.717, 1.165) is 44.1 Å².